The Morgan fingerprint density at radius 3 is 1.57 bits per heavy atom. The third-order valence-corrected chi connectivity index (χ3v) is 8.76. The van der Waals surface area contributed by atoms with Gasteiger partial charge in [-0.05, 0) is 38.8 Å². The van der Waals surface area contributed by atoms with E-state index in [0.29, 0.717) is 5.40 Å². The van der Waals surface area contributed by atoms with Gasteiger partial charge in [-0.2, -0.15) is 0 Å². The van der Waals surface area contributed by atoms with Crippen molar-refractivity contribution in [3.8, 4) is 0 Å². The Kier molecular flexibility index (Phi) is 5.98. The molecule has 0 spiro atoms. The van der Waals surface area contributed by atoms with Crippen LogP contribution in [0.5, 0.6) is 0 Å². The third-order valence-electron chi connectivity index (χ3n) is 3.79. The number of hydrogen-bond donors (Lipinski definition) is 0. The summed E-state index contributed by atoms with van der Waals surface area (Å²) in [4.78, 5) is 0. The van der Waals surface area contributed by atoms with Gasteiger partial charge >= 0.3 is 0 Å². The largest absolute Gasteiger partial charge is 0.0644 e. The maximum atomic E-state index is 2.32. The summed E-state index contributed by atoms with van der Waals surface area (Å²) in [7, 11) is 1.09. The van der Waals surface area contributed by atoms with E-state index in [4.69, 9.17) is 0 Å². The van der Waals surface area contributed by atoms with Crippen LogP contribution < -0.4 is 15.9 Å². The van der Waals surface area contributed by atoms with Crippen molar-refractivity contribution in [3.63, 3.8) is 0 Å². The lowest BCUT2D eigenvalue weighted by Gasteiger charge is -2.27. The van der Waals surface area contributed by atoms with Gasteiger partial charge < -0.3 is 0 Å². The molecule has 0 nitrogen and oxygen atoms in total. The predicted octanol–water partition coefficient (Wildman–Crippen LogP) is 5.13. The molecule has 115 valence electrons. The predicted molar refractivity (Wildman–Crippen MR) is 106 cm³/mol. The van der Waals surface area contributed by atoms with Gasteiger partial charge in [0.15, 0.2) is 0 Å². The van der Waals surface area contributed by atoms with Crippen molar-refractivity contribution in [2.45, 2.75) is 18.7 Å². The Morgan fingerprint density at radius 2 is 1.13 bits per heavy atom. The summed E-state index contributed by atoms with van der Waals surface area (Å²) < 4.78 is 0. The SMILES string of the molecule is CCC([P]c1ccccc1)P(c1ccccc1)c1ccccc1. The lowest BCUT2D eigenvalue weighted by molar-refractivity contribution is 1.05. The van der Waals surface area contributed by atoms with E-state index in [1.807, 2.05) is 0 Å². The Bertz CT molecular complexity index is 656. The number of hydrogen-bond acceptors (Lipinski definition) is 0. The zero-order valence-corrected chi connectivity index (χ0v) is 15.1. The molecule has 0 aliphatic carbocycles. The Balaban J connectivity index is 1.96. The molecule has 1 unspecified atom stereocenters. The minimum atomic E-state index is -0.350. The lowest BCUT2D eigenvalue weighted by atomic mass is 10.4. The van der Waals surface area contributed by atoms with Crippen LogP contribution in [0.3, 0.4) is 0 Å². The fraction of sp³-hybridized carbons (Fsp3) is 0.143. The molecule has 0 saturated carbocycles. The van der Waals surface area contributed by atoms with Gasteiger partial charge in [-0.3, -0.25) is 0 Å². The third kappa shape index (κ3) is 4.29. The quantitative estimate of drug-likeness (QED) is 0.548. The molecule has 0 heterocycles. The topological polar surface area (TPSA) is 0 Å². The van der Waals surface area contributed by atoms with Gasteiger partial charge in [-0.25, -0.2) is 0 Å². The van der Waals surface area contributed by atoms with E-state index in [1.54, 1.807) is 0 Å². The van der Waals surface area contributed by atoms with Gasteiger partial charge in [0.2, 0.25) is 0 Å². The van der Waals surface area contributed by atoms with E-state index in [-0.39, 0.29) is 7.92 Å². The van der Waals surface area contributed by atoms with E-state index in [2.05, 4.69) is 97.9 Å². The second-order valence-corrected chi connectivity index (χ2v) is 9.60. The van der Waals surface area contributed by atoms with E-state index < -0.39 is 0 Å². The van der Waals surface area contributed by atoms with E-state index >= 15 is 0 Å². The Labute approximate surface area is 142 Å². The monoisotopic (exact) mass is 335 g/mol. The minimum Gasteiger partial charge on any atom is -0.0644 e. The van der Waals surface area contributed by atoms with Gasteiger partial charge in [0, 0.05) is 5.40 Å². The molecule has 0 aliphatic rings. The summed E-state index contributed by atoms with van der Waals surface area (Å²) in [5, 5.41) is 5.00. The minimum absolute atomic E-state index is 0.350. The van der Waals surface area contributed by atoms with Crippen molar-refractivity contribution in [2.24, 2.45) is 0 Å². The first-order valence-corrected chi connectivity index (χ1v) is 10.4. The van der Waals surface area contributed by atoms with Crippen molar-refractivity contribution in [3.05, 3.63) is 91.0 Å². The van der Waals surface area contributed by atoms with Crippen molar-refractivity contribution >= 4 is 32.4 Å². The smallest absolute Gasteiger partial charge is 0.0154 e. The van der Waals surface area contributed by atoms with Crippen LogP contribution >= 0.6 is 16.5 Å². The molecule has 3 aromatic rings. The molecule has 0 fully saturated rings. The van der Waals surface area contributed by atoms with Crippen LogP contribution in [0.1, 0.15) is 13.3 Å². The molecule has 3 rings (SSSR count). The maximum Gasteiger partial charge on any atom is 0.0154 e. The maximum absolute atomic E-state index is 2.32. The summed E-state index contributed by atoms with van der Waals surface area (Å²) in [6, 6.07) is 32.9. The molecule has 2 heteroatoms. The summed E-state index contributed by atoms with van der Waals surface area (Å²) >= 11 is 0. The highest BCUT2D eigenvalue weighted by Crippen LogP contribution is 2.49. The number of rotatable bonds is 6. The van der Waals surface area contributed by atoms with Gasteiger partial charge in [0.05, 0.1) is 0 Å². The zero-order chi connectivity index (χ0) is 15.9. The number of benzene rings is 3. The first-order chi connectivity index (χ1) is 11.4. The molecule has 0 N–H and O–H groups in total. The van der Waals surface area contributed by atoms with E-state index in [9.17, 15) is 0 Å². The van der Waals surface area contributed by atoms with Crippen molar-refractivity contribution in [1.29, 1.82) is 0 Å². The van der Waals surface area contributed by atoms with Crippen LogP contribution in [0.15, 0.2) is 91.0 Å². The average molecular weight is 335 g/mol. The van der Waals surface area contributed by atoms with Gasteiger partial charge in [-0.15, -0.1) is 0 Å². The molecule has 0 bridgehead atoms. The Morgan fingerprint density at radius 1 is 0.696 bits per heavy atom. The standard InChI is InChI=1S/C21H21P2/c1-2-21(22-18-12-6-3-7-13-18)23(19-14-8-4-9-15-19)20-16-10-5-11-17-20/h3-17,21H,2H2,1H3. The normalized spacial score (nSPS) is 12.8. The molecule has 0 amide bonds. The molecule has 3 aromatic carbocycles. The van der Waals surface area contributed by atoms with E-state index in [1.165, 1.54) is 30.9 Å². The molecule has 1 radical (unpaired) electrons. The molecule has 0 aromatic heterocycles. The van der Waals surface area contributed by atoms with Crippen LogP contribution in [0.2, 0.25) is 0 Å². The lowest BCUT2D eigenvalue weighted by Crippen LogP contribution is -2.20. The fourth-order valence-electron chi connectivity index (χ4n) is 2.69. The van der Waals surface area contributed by atoms with Crippen molar-refractivity contribution < 1.29 is 0 Å². The van der Waals surface area contributed by atoms with Gasteiger partial charge in [0.25, 0.3) is 0 Å². The van der Waals surface area contributed by atoms with Crippen molar-refractivity contribution in [1.82, 2.24) is 0 Å². The average Bonchev–Trinajstić information content (AvgIpc) is 2.64. The van der Waals surface area contributed by atoms with Crippen molar-refractivity contribution in [2.75, 3.05) is 0 Å². The van der Waals surface area contributed by atoms with Crippen LogP contribution in [-0.2, 0) is 0 Å². The molecule has 0 aliphatic heterocycles. The highest BCUT2D eigenvalue weighted by Gasteiger charge is 2.23. The summed E-state index contributed by atoms with van der Waals surface area (Å²) in [5.74, 6) is 0. The second-order valence-electron chi connectivity index (χ2n) is 5.39. The molecule has 23 heavy (non-hydrogen) atoms. The molecule has 1 atom stereocenters. The van der Waals surface area contributed by atoms with Crippen LogP contribution in [0.4, 0.5) is 0 Å². The van der Waals surface area contributed by atoms with Gasteiger partial charge in [0.1, 0.15) is 0 Å². The molecular weight excluding hydrogens is 314 g/mol. The molecular formula is C21H21P2. The summed E-state index contributed by atoms with van der Waals surface area (Å²) in [6.07, 6.45) is 1.19. The first kappa shape index (κ1) is 16.4. The zero-order valence-electron chi connectivity index (χ0n) is 13.3. The second kappa shape index (κ2) is 8.39. The highest BCUT2D eigenvalue weighted by molar-refractivity contribution is 7.81. The van der Waals surface area contributed by atoms with E-state index in [0.717, 1.165) is 0 Å². The molecule has 0 saturated heterocycles. The Hall–Kier alpha value is -1.48. The first-order valence-electron chi connectivity index (χ1n) is 8.03. The van der Waals surface area contributed by atoms with Crippen LogP contribution in [0.25, 0.3) is 0 Å². The fourth-order valence-corrected chi connectivity index (χ4v) is 7.56. The highest BCUT2D eigenvalue weighted by atomic mass is 31.2. The van der Waals surface area contributed by atoms with Crippen LogP contribution in [-0.4, -0.2) is 5.40 Å². The van der Waals surface area contributed by atoms with Gasteiger partial charge in [-0.1, -0.05) is 97.9 Å². The summed E-state index contributed by atoms with van der Waals surface area (Å²) in [6.45, 7) is 2.32. The summed E-state index contributed by atoms with van der Waals surface area (Å²) in [5.41, 5.74) is 0. The van der Waals surface area contributed by atoms with Crippen LogP contribution in [0, 0.1) is 0 Å².